The second-order valence-electron chi connectivity index (χ2n) is 6.58. The van der Waals surface area contributed by atoms with Crippen molar-refractivity contribution in [1.29, 1.82) is 0 Å². The normalized spacial score (nSPS) is 21.2. The Labute approximate surface area is 160 Å². The highest BCUT2D eigenvalue weighted by molar-refractivity contribution is 6.38. The number of ketones is 1. The summed E-state index contributed by atoms with van der Waals surface area (Å²) in [4.78, 5) is 27.3. The van der Waals surface area contributed by atoms with E-state index in [4.69, 9.17) is 23.2 Å². The fourth-order valence-electron chi connectivity index (χ4n) is 3.34. The molecule has 2 aliphatic rings. The first-order valence-electron chi connectivity index (χ1n) is 8.31. The number of aliphatic hydroxyl groups is 1. The molecular weight excluding hydrogens is 375 g/mol. The molecule has 1 atom stereocenters. The van der Waals surface area contributed by atoms with E-state index >= 15 is 0 Å². The molecule has 1 saturated heterocycles. The van der Waals surface area contributed by atoms with E-state index in [1.807, 2.05) is 12.1 Å². The number of nitrogens with one attached hydrogen (secondary N) is 1. The molecule has 0 aromatic heterocycles. The van der Waals surface area contributed by atoms with Gasteiger partial charge in [0.1, 0.15) is 0 Å². The van der Waals surface area contributed by atoms with Gasteiger partial charge in [0.15, 0.2) is 11.4 Å². The fraction of sp³-hybridized carbons (Fsp3) is 0.263. The van der Waals surface area contributed by atoms with Crippen LogP contribution in [-0.2, 0) is 10.4 Å². The van der Waals surface area contributed by atoms with Gasteiger partial charge in [0.25, 0.3) is 5.91 Å². The molecule has 0 radical (unpaired) electrons. The maximum atomic E-state index is 12.7. The Morgan fingerprint density at radius 3 is 2.38 bits per heavy atom. The molecule has 0 saturated carbocycles. The highest BCUT2D eigenvalue weighted by atomic mass is 35.5. The fourth-order valence-corrected chi connectivity index (χ4v) is 3.86. The number of fused-ring (bicyclic) bond motifs is 1. The number of Topliss-reactive ketones (excluding diaryl/α,β-unsaturated/α-hetero) is 1. The molecule has 0 unspecified atom stereocenters. The van der Waals surface area contributed by atoms with Crippen LogP contribution < -0.4 is 10.2 Å². The first-order valence-corrected chi connectivity index (χ1v) is 9.06. The van der Waals surface area contributed by atoms with Gasteiger partial charge in [0, 0.05) is 34.9 Å². The quantitative estimate of drug-likeness (QED) is 0.782. The minimum atomic E-state index is -2.04. The highest BCUT2D eigenvalue weighted by Gasteiger charge is 2.49. The van der Waals surface area contributed by atoms with Crippen LogP contribution in [0.3, 0.4) is 0 Å². The molecule has 4 rings (SSSR count). The van der Waals surface area contributed by atoms with Crippen molar-refractivity contribution in [2.24, 2.45) is 0 Å². The summed E-state index contributed by atoms with van der Waals surface area (Å²) in [5.41, 5.74) is -0.132. The van der Waals surface area contributed by atoms with E-state index in [1.54, 1.807) is 12.1 Å². The number of nitrogens with zero attached hydrogens (tertiary/aromatic N) is 1. The third-order valence-electron chi connectivity index (χ3n) is 4.96. The predicted octanol–water partition coefficient (Wildman–Crippen LogP) is 3.62. The molecule has 5 nitrogen and oxygen atoms in total. The molecule has 0 aliphatic carbocycles. The lowest BCUT2D eigenvalue weighted by atomic mass is 9.88. The van der Waals surface area contributed by atoms with Crippen molar-refractivity contribution in [3.63, 3.8) is 0 Å². The van der Waals surface area contributed by atoms with Gasteiger partial charge in [-0.15, -0.1) is 0 Å². The number of anilines is 2. The van der Waals surface area contributed by atoms with Crippen LogP contribution in [0.15, 0.2) is 36.4 Å². The van der Waals surface area contributed by atoms with Crippen LogP contribution in [0, 0.1) is 0 Å². The molecule has 26 heavy (non-hydrogen) atoms. The van der Waals surface area contributed by atoms with Crippen LogP contribution in [-0.4, -0.2) is 29.9 Å². The first kappa shape index (κ1) is 17.3. The molecule has 0 bridgehead atoms. The van der Waals surface area contributed by atoms with Crippen LogP contribution in [0.2, 0.25) is 10.0 Å². The van der Waals surface area contributed by atoms with Crippen molar-refractivity contribution in [2.75, 3.05) is 23.3 Å². The predicted molar refractivity (Wildman–Crippen MR) is 101 cm³/mol. The van der Waals surface area contributed by atoms with E-state index in [-0.39, 0.29) is 27.1 Å². The number of benzene rings is 2. The number of carbonyl (C=O) groups is 2. The highest BCUT2D eigenvalue weighted by Crippen LogP contribution is 2.46. The summed E-state index contributed by atoms with van der Waals surface area (Å²) in [5, 5.41) is 13.9. The summed E-state index contributed by atoms with van der Waals surface area (Å²) in [6.45, 7) is 2.03. The number of halogens is 2. The topological polar surface area (TPSA) is 69.6 Å². The lowest BCUT2D eigenvalue weighted by Crippen LogP contribution is -2.37. The molecular formula is C19H16Cl2N2O3. The van der Waals surface area contributed by atoms with Gasteiger partial charge in [-0.2, -0.15) is 0 Å². The van der Waals surface area contributed by atoms with Gasteiger partial charge in [-0.3, -0.25) is 9.59 Å². The molecule has 2 aromatic rings. The van der Waals surface area contributed by atoms with E-state index in [9.17, 15) is 14.7 Å². The number of carbonyl (C=O) groups excluding carboxylic acids is 2. The summed E-state index contributed by atoms with van der Waals surface area (Å²) < 4.78 is 0. The van der Waals surface area contributed by atoms with Crippen LogP contribution >= 0.6 is 23.2 Å². The zero-order valence-corrected chi connectivity index (χ0v) is 15.3. The maximum absolute atomic E-state index is 12.7. The number of hydrogen-bond donors (Lipinski definition) is 2. The third kappa shape index (κ3) is 2.67. The van der Waals surface area contributed by atoms with E-state index in [1.165, 1.54) is 18.6 Å². The second-order valence-corrected chi connectivity index (χ2v) is 7.40. The molecule has 134 valence electrons. The first-order chi connectivity index (χ1) is 12.4. The molecule has 0 spiro atoms. The summed E-state index contributed by atoms with van der Waals surface area (Å²) in [7, 11) is 0. The summed E-state index contributed by atoms with van der Waals surface area (Å²) in [6, 6.07) is 10.2. The van der Waals surface area contributed by atoms with Crippen molar-refractivity contribution in [3.05, 3.63) is 57.6 Å². The van der Waals surface area contributed by atoms with Gasteiger partial charge in [-0.05, 0) is 42.8 Å². The largest absolute Gasteiger partial charge is 0.375 e. The lowest BCUT2D eigenvalue weighted by molar-refractivity contribution is -0.133. The van der Waals surface area contributed by atoms with Gasteiger partial charge in [-0.1, -0.05) is 23.2 Å². The minimum absolute atomic E-state index is 0.155. The summed E-state index contributed by atoms with van der Waals surface area (Å²) >= 11 is 12.3. The maximum Gasteiger partial charge on any atom is 0.261 e. The third-order valence-corrected chi connectivity index (χ3v) is 5.59. The molecule has 1 amide bonds. The SMILES string of the molecule is O=C(C[C@]1(O)C(=O)Nc2c(Cl)ccc(Cl)c21)c1ccc(N2CCC2)cc1. The number of rotatable bonds is 4. The molecule has 2 N–H and O–H groups in total. The standard InChI is InChI=1S/C19H16Cl2N2O3/c20-13-6-7-14(21)17-16(13)19(26,18(25)22-17)10-15(24)11-2-4-12(5-3-11)23-8-1-9-23/h2-7,26H,1,8-10H2,(H,22,25)/t19-/m1/s1. The zero-order valence-electron chi connectivity index (χ0n) is 13.8. The second kappa shape index (κ2) is 6.27. The molecule has 7 heteroatoms. The van der Waals surface area contributed by atoms with Gasteiger partial charge in [0.05, 0.1) is 17.1 Å². The van der Waals surface area contributed by atoms with Crippen molar-refractivity contribution < 1.29 is 14.7 Å². The van der Waals surface area contributed by atoms with E-state index < -0.39 is 17.9 Å². The summed E-state index contributed by atoms with van der Waals surface area (Å²) in [5.74, 6) is -1.05. The Balaban J connectivity index is 1.61. The lowest BCUT2D eigenvalue weighted by Gasteiger charge is -2.33. The van der Waals surface area contributed by atoms with Crippen molar-refractivity contribution in [3.8, 4) is 0 Å². The Morgan fingerprint density at radius 2 is 1.77 bits per heavy atom. The van der Waals surface area contributed by atoms with Gasteiger partial charge in [0.2, 0.25) is 0 Å². The smallest absolute Gasteiger partial charge is 0.261 e. The Morgan fingerprint density at radius 1 is 1.12 bits per heavy atom. The zero-order chi connectivity index (χ0) is 18.5. The monoisotopic (exact) mass is 390 g/mol. The van der Waals surface area contributed by atoms with E-state index in [0.29, 0.717) is 5.56 Å². The van der Waals surface area contributed by atoms with Crippen molar-refractivity contribution in [1.82, 2.24) is 0 Å². The van der Waals surface area contributed by atoms with Crippen LogP contribution in [0.25, 0.3) is 0 Å². The summed E-state index contributed by atoms with van der Waals surface area (Å²) in [6.07, 6.45) is 0.764. The Bertz CT molecular complexity index is 910. The Kier molecular flexibility index (Phi) is 4.18. The number of hydrogen-bond acceptors (Lipinski definition) is 4. The van der Waals surface area contributed by atoms with Crippen molar-refractivity contribution >= 4 is 46.3 Å². The molecule has 2 aliphatic heterocycles. The van der Waals surface area contributed by atoms with E-state index in [2.05, 4.69) is 10.2 Å². The van der Waals surface area contributed by atoms with Gasteiger partial charge < -0.3 is 15.3 Å². The molecule has 1 fully saturated rings. The Hall–Kier alpha value is -2.08. The van der Waals surface area contributed by atoms with Crippen LogP contribution in [0.1, 0.15) is 28.8 Å². The van der Waals surface area contributed by atoms with Crippen LogP contribution in [0.4, 0.5) is 11.4 Å². The molecule has 2 aromatic carbocycles. The van der Waals surface area contributed by atoms with Gasteiger partial charge >= 0.3 is 0 Å². The van der Waals surface area contributed by atoms with Gasteiger partial charge in [-0.25, -0.2) is 0 Å². The molecule has 2 heterocycles. The van der Waals surface area contributed by atoms with Crippen LogP contribution in [0.5, 0.6) is 0 Å². The van der Waals surface area contributed by atoms with E-state index in [0.717, 1.165) is 18.8 Å². The number of amides is 1. The average molecular weight is 391 g/mol. The average Bonchev–Trinajstić information content (AvgIpc) is 2.83. The minimum Gasteiger partial charge on any atom is -0.375 e. The van der Waals surface area contributed by atoms with Crippen molar-refractivity contribution in [2.45, 2.75) is 18.4 Å².